The molecule has 24 heavy (non-hydrogen) atoms. The molecular formula is C19H16ClNO3. The van der Waals surface area contributed by atoms with E-state index in [4.69, 9.17) is 16.3 Å². The Morgan fingerprint density at radius 3 is 2.75 bits per heavy atom. The monoisotopic (exact) mass is 341 g/mol. The number of hydrogen-bond acceptors (Lipinski definition) is 3. The number of anilines is 1. The predicted octanol–water partition coefficient (Wildman–Crippen LogP) is 4.52. The molecule has 3 rings (SSSR count). The summed E-state index contributed by atoms with van der Waals surface area (Å²) in [6.45, 7) is 1.70. The number of carbonyl (C=O) groups excluding carboxylic acids is 1. The van der Waals surface area contributed by atoms with E-state index in [0.717, 1.165) is 16.3 Å². The highest BCUT2D eigenvalue weighted by molar-refractivity contribution is 6.31. The topological polar surface area (TPSA) is 58.6 Å². The fourth-order valence-electron chi connectivity index (χ4n) is 2.42. The maximum atomic E-state index is 12.2. The van der Waals surface area contributed by atoms with E-state index in [-0.39, 0.29) is 18.3 Å². The lowest BCUT2D eigenvalue weighted by molar-refractivity contribution is -0.118. The second-order valence-electron chi connectivity index (χ2n) is 5.43. The highest BCUT2D eigenvalue weighted by Gasteiger charge is 2.11. The molecule has 0 aliphatic rings. The van der Waals surface area contributed by atoms with Gasteiger partial charge in [0.25, 0.3) is 5.91 Å². The van der Waals surface area contributed by atoms with Crippen LogP contribution in [0.25, 0.3) is 10.8 Å². The van der Waals surface area contributed by atoms with Crippen LogP contribution in [-0.4, -0.2) is 17.6 Å². The van der Waals surface area contributed by atoms with Crippen LogP contribution in [0.15, 0.2) is 54.6 Å². The van der Waals surface area contributed by atoms with Crippen molar-refractivity contribution in [3.05, 3.63) is 65.2 Å². The highest BCUT2D eigenvalue weighted by Crippen LogP contribution is 2.32. The summed E-state index contributed by atoms with van der Waals surface area (Å²) in [6, 6.07) is 16.1. The molecule has 0 spiro atoms. The van der Waals surface area contributed by atoms with Crippen LogP contribution in [0.4, 0.5) is 5.69 Å². The SMILES string of the molecule is Cc1cc(OCC(=O)Nc2c(O)ccc3ccccc23)ccc1Cl. The minimum Gasteiger partial charge on any atom is -0.506 e. The van der Waals surface area contributed by atoms with Crippen molar-refractivity contribution in [1.29, 1.82) is 0 Å². The van der Waals surface area contributed by atoms with E-state index in [2.05, 4.69) is 5.32 Å². The van der Waals surface area contributed by atoms with E-state index >= 15 is 0 Å². The van der Waals surface area contributed by atoms with Gasteiger partial charge in [-0.05, 0) is 42.1 Å². The van der Waals surface area contributed by atoms with Gasteiger partial charge in [-0.15, -0.1) is 0 Å². The molecule has 0 aromatic heterocycles. The number of hydrogen-bond donors (Lipinski definition) is 2. The molecule has 0 fully saturated rings. The van der Waals surface area contributed by atoms with Crippen molar-refractivity contribution in [2.24, 2.45) is 0 Å². The molecular weight excluding hydrogens is 326 g/mol. The van der Waals surface area contributed by atoms with Gasteiger partial charge in [0.05, 0.1) is 5.69 Å². The molecule has 0 atom stereocenters. The van der Waals surface area contributed by atoms with E-state index in [0.29, 0.717) is 16.5 Å². The number of carbonyl (C=O) groups is 1. The zero-order valence-corrected chi connectivity index (χ0v) is 13.8. The minimum atomic E-state index is -0.353. The largest absolute Gasteiger partial charge is 0.506 e. The van der Waals surface area contributed by atoms with Gasteiger partial charge in [-0.2, -0.15) is 0 Å². The molecule has 0 radical (unpaired) electrons. The van der Waals surface area contributed by atoms with Crippen LogP contribution in [0.5, 0.6) is 11.5 Å². The van der Waals surface area contributed by atoms with Crippen LogP contribution in [0.2, 0.25) is 5.02 Å². The predicted molar refractivity (Wildman–Crippen MR) is 95.9 cm³/mol. The maximum Gasteiger partial charge on any atom is 0.262 e. The van der Waals surface area contributed by atoms with Crippen molar-refractivity contribution in [3.63, 3.8) is 0 Å². The summed E-state index contributed by atoms with van der Waals surface area (Å²) in [6.07, 6.45) is 0. The van der Waals surface area contributed by atoms with Crippen molar-refractivity contribution < 1.29 is 14.6 Å². The minimum absolute atomic E-state index is 0.0180. The van der Waals surface area contributed by atoms with Gasteiger partial charge >= 0.3 is 0 Å². The third kappa shape index (κ3) is 3.44. The number of fused-ring (bicyclic) bond motifs is 1. The third-order valence-corrected chi connectivity index (χ3v) is 4.09. The third-order valence-electron chi connectivity index (χ3n) is 3.67. The number of aromatic hydroxyl groups is 1. The van der Waals surface area contributed by atoms with Crippen LogP contribution < -0.4 is 10.1 Å². The number of rotatable bonds is 4. The molecule has 3 aromatic carbocycles. The molecule has 0 bridgehead atoms. The molecule has 2 N–H and O–H groups in total. The molecule has 3 aromatic rings. The van der Waals surface area contributed by atoms with Crippen LogP contribution in [0.3, 0.4) is 0 Å². The summed E-state index contributed by atoms with van der Waals surface area (Å²) < 4.78 is 5.48. The van der Waals surface area contributed by atoms with Gasteiger partial charge in [-0.25, -0.2) is 0 Å². The van der Waals surface area contributed by atoms with Crippen LogP contribution in [0, 0.1) is 6.92 Å². The van der Waals surface area contributed by atoms with Crippen molar-refractivity contribution in [1.82, 2.24) is 0 Å². The normalized spacial score (nSPS) is 10.6. The number of ether oxygens (including phenoxy) is 1. The summed E-state index contributed by atoms with van der Waals surface area (Å²) in [5.41, 5.74) is 1.26. The molecule has 122 valence electrons. The van der Waals surface area contributed by atoms with E-state index < -0.39 is 0 Å². The summed E-state index contributed by atoms with van der Waals surface area (Å²) in [4.78, 5) is 12.2. The number of amides is 1. The standard InChI is InChI=1S/C19H16ClNO3/c1-12-10-14(7-8-16(12)20)24-11-18(23)21-19-15-5-3-2-4-13(15)6-9-17(19)22/h2-10,22H,11H2,1H3,(H,21,23). The zero-order valence-electron chi connectivity index (χ0n) is 13.0. The lowest BCUT2D eigenvalue weighted by Crippen LogP contribution is -2.20. The Bertz CT molecular complexity index is 908. The first kappa shape index (κ1) is 16.1. The van der Waals surface area contributed by atoms with Gasteiger partial charge < -0.3 is 15.2 Å². The average Bonchev–Trinajstić information content (AvgIpc) is 2.58. The second kappa shape index (κ2) is 6.81. The fraction of sp³-hybridized carbons (Fsp3) is 0.105. The van der Waals surface area contributed by atoms with Crippen molar-refractivity contribution in [2.75, 3.05) is 11.9 Å². The van der Waals surface area contributed by atoms with Gasteiger partial charge in [-0.3, -0.25) is 4.79 Å². The van der Waals surface area contributed by atoms with Gasteiger partial charge in [0.1, 0.15) is 11.5 Å². The Balaban J connectivity index is 1.73. The number of aryl methyl sites for hydroxylation is 1. The quantitative estimate of drug-likeness (QED) is 0.686. The fourth-order valence-corrected chi connectivity index (χ4v) is 2.54. The number of phenolic OH excluding ortho intramolecular Hbond substituents is 1. The Hall–Kier alpha value is -2.72. The smallest absolute Gasteiger partial charge is 0.262 e. The van der Waals surface area contributed by atoms with Crippen molar-refractivity contribution in [2.45, 2.75) is 6.92 Å². The molecule has 1 amide bonds. The number of benzene rings is 3. The van der Waals surface area contributed by atoms with E-state index in [1.807, 2.05) is 31.2 Å². The second-order valence-corrected chi connectivity index (χ2v) is 5.84. The van der Waals surface area contributed by atoms with Crippen molar-refractivity contribution in [3.8, 4) is 11.5 Å². The summed E-state index contributed by atoms with van der Waals surface area (Å²) in [7, 11) is 0. The van der Waals surface area contributed by atoms with E-state index in [1.165, 1.54) is 0 Å². The van der Waals surface area contributed by atoms with E-state index in [1.54, 1.807) is 30.3 Å². The van der Waals surface area contributed by atoms with Gasteiger partial charge in [0.2, 0.25) is 0 Å². The molecule has 0 saturated carbocycles. The molecule has 4 nitrogen and oxygen atoms in total. The summed E-state index contributed by atoms with van der Waals surface area (Å²) >= 11 is 5.96. The summed E-state index contributed by atoms with van der Waals surface area (Å²) in [5, 5.41) is 15.1. The molecule has 0 aliphatic heterocycles. The highest BCUT2D eigenvalue weighted by atomic mass is 35.5. The molecule has 5 heteroatoms. The first-order valence-electron chi connectivity index (χ1n) is 7.44. The molecule has 0 heterocycles. The molecule has 0 saturated heterocycles. The van der Waals surface area contributed by atoms with Crippen LogP contribution in [-0.2, 0) is 4.79 Å². The lowest BCUT2D eigenvalue weighted by atomic mass is 10.1. The van der Waals surface area contributed by atoms with Crippen molar-refractivity contribution >= 4 is 34.0 Å². The Labute approximate surface area is 144 Å². The van der Waals surface area contributed by atoms with Crippen LogP contribution >= 0.6 is 11.6 Å². The number of phenols is 1. The number of nitrogens with one attached hydrogen (secondary N) is 1. The lowest BCUT2D eigenvalue weighted by Gasteiger charge is -2.12. The zero-order chi connectivity index (χ0) is 17.1. The molecule has 0 unspecified atom stereocenters. The molecule has 0 aliphatic carbocycles. The number of halogens is 1. The van der Waals surface area contributed by atoms with E-state index in [9.17, 15) is 9.90 Å². The van der Waals surface area contributed by atoms with Gasteiger partial charge in [0.15, 0.2) is 6.61 Å². The average molecular weight is 342 g/mol. The first-order chi connectivity index (χ1) is 11.5. The first-order valence-corrected chi connectivity index (χ1v) is 7.82. The summed E-state index contributed by atoms with van der Waals surface area (Å²) in [5.74, 6) is 0.229. The Morgan fingerprint density at radius 1 is 1.17 bits per heavy atom. The van der Waals surface area contributed by atoms with Gasteiger partial charge in [-0.1, -0.05) is 41.9 Å². The Morgan fingerprint density at radius 2 is 1.96 bits per heavy atom. The van der Waals surface area contributed by atoms with Crippen LogP contribution in [0.1, 0.15) is 5.56 Å². The maximum absolute atomic E-state index is 12.2. The Kier molecular flexibility index (Phi) is 4.58. The van der Waals surface area contributed by atoms with Gasteiger partial charge in [0, 0.05) is 10.4 Å².